The molecule has 0 heterocycles. The zero-order valence-corrected chi connectivity index (χ0v) is 9.55. The Balaban J connectivity index is 2.73. The van der Waals surface area contributed by atoms with E-state index in [1.54, 1.807) is 24.3 Å². The molecule has 0 aromatic heterocycles. The van der Waals surface area contributed by atoms with Crippen LogP contribution < -0.4 is 4.72 Å². The average molecular weight is 250 g/mol. The Kier molecular flexibility index (Phi) is 4.38. The van der Waals surface area contributed by atoms with Crippen LogP contribution >= 0.6 is 11.6 Å². The van der Waals surface area contributed by atoms with Crippen molar-refractivity contribution >= 4 is 27.3 Å². The number of aliphatic hydroxyl groups excluding tert-OH is 1. The van der Waals surface area contributed by atoms with Gasteiger partial charge in [0.2, 0.25) is 10.0 Å². The van der Waals surface area contributed by atoms with E-state index in [-0.39, 0.29) is 18.2 Å². The van der Waals surface area contributed by atoms with Gasteiger partial charge in [-0.2, -0.15) is 0 Å². The van der Waals surface area contributed by atoms with Gasteiger partial charge in [0.15, 0.2) is 0 Å². The smallest absolute Gasteiger partial charge is 0.233 e. The lowest BCUT2D eigenvalue weighted by atomic mass is 10.2. The quantitative estimate of drug-likeness (QED) is 0.770. The fourth-order valence-electron chi connectivity index (χ4n) is 1.01. The van der Waals surface area contributed by atoms with Crippen molar-refractivity contribution in [2.45, 2.75) is 6.61 Å². The van der Waals surface area contributed by atoms with E-state index in [1.165, 1.54) is 0 Å². The van der Waals surface area contributed by atoms with Crippen molar-refractivity contribution in [3.63, 3.8) is 0 Å². The summed E-state index contributed by atoms with van der Waals surface area (Å²) in [7, 11) is -3.35. The predicted octanol–water partition coefficient (Wildman–Crippen LogP) is 1.16. The van der Waals surface area contributed by atoms with E-state index in [1.807, 2.05) is 0 Å². The van der Waals surface area contributed by atoms with Crippen LogP contribution in [0.5, 0.6) is 0 Å². The van der Waals surface area contributed by atoms with Gasteiger partial charge < -0.3 is 5.11 Å². The van der Waals surface area contributed by atoms with Gasteiger partial charge in [0.05, 0.1) is 12.4 Å². The summed E-state index contributed by atoms with van der Waals surface area (Å²) in [6.45, 7) is -0.0608. The highest BCUT2D eigenvalue weighted by Gasteiger charge is 2.08. The maximum absolute atomic E-state index is 11.3. The minimum Gasteiger partial charge on any atom is -0.392 e. The van der Waals surface area contributed by atoms with Gasteiger partial charge in [0.25, 0.3) is 0 Å². The summed E-state index contributed by atoms with van der Waals surface area (Å²) in [4.78, 5) is 0. The number of aliphatic hydroxyl groups is 1. The Morgan fingerprint density at radius 2 is 1.87 bits per heavy atom. The average Bonchev–Trinajstić information content (AvgIpc) is 2.18. The first-order valence-electron chi connectivity index (χ1n) is 4.33. The zero-order chi connectivity index (χ0) is 11.3. The van der Waals surface area contributed by atoms with Crippen molar-refractivity contribution in [2.24, 2.45) is 0 Å². The van der Waals surface area contributed by atoms with E-state index in [9.17, 15) is 8.42 Å². The van der Waals surface area contributed by atoms with Crippen molar-refractivity contribution in [3.05, 3.63) is 29.8 Å². The second kappa shape index (κ2) is 5.34. The molecular weight excluding hydrogens is 238 g/mol. The van der Waals surface area contributed by atoms with Gasteiger partial charge in [0, 0.05) is 11.6 Å². The van der Waals surface area contributed by atoms with Crippen LogP contribution in [-0.2, 0) is 16.6 Å². The zero-order valence-electron chi connectivity index (χ0n) is 7.98. The summed E-state index contributed by atoms with van der Waals surface area (Å²) in [6, 6.07) is 6.49. The highest BCUT2D eigenvalue weighted by Crippen LogP contribution is 2.11. The summed E-state index contributed by atoms with van der Waals surface area (Å²) in [6.07, 6.45) is 0. The van der Waals surface area contributed by atoms with Gasteiger partial charge in [-0.3, -0.25) is 4.72 Å². The van der Waals surface area contributed by atoms with Crippen LogP contribution in [0.1, 0.15) is 5.56 Å². The van der Waals surface area contributed by atoms with E-state index in [0.29, 0.717) is 5.69 Å². The Morgan fingerprint density at radius 1 is 1.27 bits per heavy atom. The molecule has 0 fully saturated rings. The third kappa shape index (κ3) is 4.07. The number of halogens is 1. The number of hydrogen-bond acceptors (Lipinski definition) is 3. The maximum Gasteiger partial charge on any atom is 0.233 e. The molecule has 6 heteroatoms. The molecule has 0 bridgehead atoms. The summed E-state index contributed by atoms with van der Waals surface area (Å²) in [5.74, 6) is -0.0552. The highest BCUT2D eigenvalue weighted by atomic mass is 35.5. The number of benzene rings is 1. The SMILES string of the molecule is O=S(=O)(CCCl)Nc1ccc(CO)cc1. The van der Waals surface area contributed by atoms with E-state index in [4.69, 9.17) is 16.7 Å². The Hall–Kier alpha value is -0.780. The topological polar surface area (TPSA) is 66.4 Å². The molecule has 0 saturated carbocycles. The largest absolute Gasteiger partial charge is 0.392 e. The van der Waals surface area contributed by atoms with E-state index in [2.05, 4.69) is 4.72 Å². The number of rotatable bonds is 5. The van der Waals surface area contributed by atoms with Crippen molar-refractivity contribution in [2.75, 3.05) is 16.4 Å². The number of anilines is 1. The molecule has 1 aromatic rings. The summed E-state index contributed by atoms with van der Waals surface area (Å²) < 4.78 is 25.0. The molecule has 0 unspecified atom stereocenters. The second-order valence-electron chi connectivity index (χ2n) is 2.96. The molecule has 1 rings (SSSR count). The van der Waals surface area contributed by atoms with Gasteiger partial charge in [-0.25, -0.2) is 8.42 Å². The molecule has 0 aliphatic rings. The lowest BCUT2D eigenvalue weighted by Gasteiger charge is -2.06. The molecule has 1 aromatic carbocycles. The molecule has 0 saturated heterocycles. The molecule has 0 amide bonds. The molecule has 84 valence electrons. The molecule has 0 spiro atoms. The number of nitrogens with one attached hydrogen (secondary N) is 1. The highest BCUT2D eigenvalue weighted by molar-refractivity contribution is 7.92. The predicted molar refractivity (Wildman–Crippen MR) is 60.5 cm³/mol. The molecule has 0 atom stereocenters. The lowest BCUT2D eigenvalue weighted by Crippen LogP contribution is -2.17. The molecule has 15 heavy (non-hydrogen) atoms. The molecular formula is C9H12ClNO3S. The Bertz CT molecular complexity index is 402. The standard InChI is InChI=1S/C9H12ClNO3S/c10-5-6-15(13,14)11-9-3-1-8(7-12)2-4-9/h1-4,11-12H,5-7H2. The van der Waals surface area contributed by atoms with Crippen molar-refractivity contribution < 1.29 is 13.5 Å². The summed E-state index contributed by atoms with van der Waals surface area (Å²) in [5, 5.41) is 8.79. The normalized spacial score (nSPS) is 11.3. The summed E-state index contributed by atoms with van der Waals surface area (Å²) >= 11 is 5.35. The van der Waals surface area contributed by atoms with Crippen molar-refractivity contribution in [3.8, 4) is 0 Å². The summed E-state index contributed by atoms with van der Waals surface area (Å²) in [5.41, 5.74) is 1.20. The maximum atomic E-state index is 11.3. The van der Waals surface area contributed by atoms with Gasteiger partial charge in [-0.15, -0.1) is 11.6 Å². The van der Waals surface area contributed by atoms with Gasteiger partial charge in [-0.05, 0) is 17.7 Å². The van der Waals surface area contributed by atoms with Crippen LogP contribution in [0.15, 0.2) is 24.3 Å². The fraction of sp³-hybridized carbons (Fsp3) is 0.333. The van der Waals surface area contributed by atoms with Crippen molar-refractivity contribution in [1.82, 2.24) is 0 Å². The minimum absolute atomic E-state index is 0.0596. The number of sulfonamides is 1. The Labute approximate surface area is 93.9 Å². The Morgan fingerprint density at radius 3 is 2.33 bits per heavy atom. The second-order valence-corrected chi connectivity index (χ2v) is 5.18. The third-order valence-electron chi connectivity index (χ3n) is 1.76. The third-order valence-corrected chi connectivity index (χ3v) is 3.46. The van der Waals surface area contributed by atoms with Gasteiger partial charge in [0.1, 0.15) is 0 Å². The molecule has 2 N–H and O–H groups in total. The molecule has 0 aliphatic heterocycles. The van der Waals surface area contributed by atoms with Crippen LogP contribution in [0, 0.1) is 0 Å². The minimum atomic E-state index is -3.35. The van der Waals surface area contributed by atoms with Crippen molar-refractivity contribution in [1.29, 1.82) is 0 Å². The van der Waals surface area contributed by atoms with E-state index >= 15 is 0 Å². The first-order chi connectivity index (χ1) is 7.07. The van der Waals surface area contributed by atoms with E-state index < -0.39 is 10.0 Å². The molecule has 0 radical (unpaired) electrons. The van der Waals surface area contributed by atoms with E-state index in [0.717, 1.165) is 5.56 Å². The number of alkyl halides is 1. The number of hydrogen-bond donors (Lipinski definition) is 2. The first kappa shape index (κ1) is 12.3. The lowest BCUT2D eigenvalue weighted by molar-refractivity contribution is 0.282. The molecule has 0 aliphatic carbocycles. The van der Waals surface area contributed by atoms with Crippen LogP contribution in [0.3, 0.4) is 0 Å². The van der Waals surface area contributed by atoms with Gasteiger partial charge in [-0.1, -0.05) is 12.1 Å². The van der Waals surface area contributed by atoms with Crippen LogP contribution in [-0.4, -0.2) is 25.2 Å². The van der Waals surface area contributed by atoms with Crippen LogP contribution in [0.4, 0.5) is 5.69 Å². The fourth-order valence-corrected chi connectivity index (χ4v) is 2.42. The van der Waals surface area contributed by atoms with Gasteiger partial charge >= 0.3 is 0 Å². The molecule has 4 nitrogen and oxygen atoms in total. The first-order valence-corrected chi connectivity index (χ1v) is 6.52. The van der Waals surface area contributed by atoms with Crippen LogP contribution in [0.25, 0.3) is 0 Å². The monoisotopic (exact) mass is 249 g/mol. The van der Waals surface area contributed by atoms with Crippen LogP contribution in [0.2, 0.25) is 0 Å².